The molecule has 0 N–H and O–H groups in total. The number of allylic oxidation sites excluding steroid dienone is 3. The topological polar surface area (TPSA) is 26.3 Å². The third-order valence-electron chi connectivity index (χ3n) is 1.52. The summed E-state index contributed by atoms with van der Waals surface area (Å²) in [6.45, 7) is 4.26. The van der Waals surface area contributed by atoms with E-state index in [1.165, 1.54) is 6.08 Å². The molecule has 2 heteroatoms. The van der Waals surface area contributed by atoms with E-state index in [1.807, 2.05) is 19.1 Å². The minimum Gasteiger partial charge on any atom is -0.463 e. The molecule has 13 heavy (non-hydrogen) atoms. The number of ether oxygens (including phenoxy) is 1. The first-order valence-corrected chi connectivity index (χ1v) is 4.75. The first kappa shape index (κ1) is 11.9. The van der Waals surface area contributed by atoms with E-state index in [-0.39, 0.29) is 5.97 Å². The SMILES string of the molecule is C/C=C/CCC/C=C/C(=O)OCC. The summed E-state index contributed by atoms with van der Waals surface area (Å²) in [5, 5.41) is 0. The largest absolute Gasteiger partial charge is 0.463 e. The van der Waals surface area contributed by atoms with E-state index < -0.39 is 0 Å². The summed E-state index contributed by atoms with van der Waals surface area (Å²) in [6, 6.07) is 0. The molecule has 0 aliphatic carbocycles. The van der Waals surface area contributed by atoms with E-state index in [9.17, 15) is 4.79 Å². The molecule has 0 aromatic heterocycles. The number of hydrogen-bond acceptors (Lipinski definition) is 2. The van der Waals surface area contributed by atoms with Gasteiger partial charge < -0.3 is 4.74 Å². The Bertz CT molecular complexity index is 181. The van der Waals surface area contributed by atoms with Gasteiger partial charge in [-0.3, -0.25) is 0 Å². The van der Waals surface area contributed by atoms with Crippen molar-refractivity contribution in [1.29, 1.82) is 0 Å². The molecule has 0 amide bonds. The second-order valence-corrected chi connectivity index (χ2v) is 2.65. The van der Waals surface area contributed by atoms with Crippen LogP contribution in [-0.2, 0) is 9.53 Å². The molecule has 0 atom stereocenters. The minimum atomic E-state index is -0.242. The fourth-order valence-electron chi connectivity index (χ4n) is 0.890. The molecule has 0 radical (unpaired) electrons. The fraction of sp³-hybridized carbons (Fsp3) is 0.545. The highest BCUT2D eigenvalue weighted by Crippen LogP contribution is 1.97. The molecule has 0 aromatic rings. The van der Waals surface area contributed by atoms with Gasteiger partial charge in [0.05, 0.1) is 6.61 Å². The lowest BCUT2D eigenvalue weighted by Gasteiger charge is -1.94. The van der Waals surface area contributed by atoms with Gasteiger partial charge in [0.1, 0.15) is 0 Å². The molecule has 0 rings (SSSR count). The molecule has 0 bridgehead atoms. The van der Waals surface area contributed by atoms with Gasteiger partial charge in [-0.15, -0.1) is 0 Å². The molecule has 0 aliphatic rings. The Balaban J connectivity index is 3.35. The number of carbonyl (C=O) groups is 1. The summed E-state index contributed by atoms with van der Waals surface area (Å²) < 4.78 is 4.73. The zero-order valence-electron chi connectivity index (χ0n) is 8.45. The van der Waals surface area contributed by atoms with Gasteiger partial charge in [-0.2, -0.15) is 0 Å². The summed E-state index contributed by atoms with van der Waals surface area (Å²) >= 11 is 0. The van der Waals surface area contributed by atoms with Gasteiger partial charge in [0.2, 0.25) is 0 Å². The fourth-order valence-corrected chi connectivity index (χ4v) is 0.890. The highest BCUT2D eigenvalue weighted by atomic mass is 16.5. The van der Waals surface area contributed by atoms with Crippen LogP contribution in [0.5, 0.6) is 0 Å². The van der Waals surface area contributed by atoms with Crippen molar-refractivity contribution in [3.05, 3.63) is 24.3 Å². The third-order valence-corrected chi connectivity index (χ3v) is 1.52. The summed E-state index contributed by atoms with van der Waals surface area (Å²) in [7, 11) is 0. The van der Waals surface area contributed by atoms with Crippen LogP contribution >= 0.6 is 0 Å². The van der Waals surface area contributed by atoms with Gasteiger partial charge >= 0.3 is 5.97 Å². The van der Waals surface area contributed by atoms with E-state index in [0.29, 0.717) is 6.61 Å². The van der Waals surface area contributed by atoms with Crippen LogP contribution in [0.15, 0.2) is 24.3 Å². The van der Waals surface area contributed by atoms with Crippen LogP contribution in [0.4, 0.5) is 0 Å². The van der Waals surface area contributed by atoms with E-state index in [1.54, 1.807) is 6.92 Å². The molecule has 2 nitrogen and oxygen atoms in total. The van der Waals surface area contributed by atoms with Crippen molar-refractivity contribution in [2.24, 2.45) is 0 Å². The van der Waals surface area contributed by atoms with Crippen LogP contribution in [0.1, 0.15) is 33.1 Å². The van der Waals surface area contributed by atoms with E-state index in [2.05, 4.69) is 6.08 Å². The van der Waals surface area contributed by atoms with E-state index >= 15 is 0 Å². The predicted molar refractivity (Wildman–Crippen MR) is 54.4 cm³/mol. The quantitative estimate of drug-likeness (QED) is 0.273. The average molecular weight is 182 g/mol. The second kappa shape index (κ2) is 9.04. The Kier molecular flexibility index (Phi) is 8.31. The first-order chi connectivity index (χ1) is 6.31. The monoisotopic (exact) mass is 182 g/mol. The highest BCUT2D eigenvalue weighted by Gasteiger charge is 1.91. The van der Waals surface area contributed by atoms with Crippen LogP contribution in [0, 0.1) is 0 Å². The Hall–Kier alpha value is -1.05. The van der Waals surface area contributed by atoms with Crippen LogP contribution in [0.3, 0.4) is 0 Å². The standard InChI is InChI=1S/C11H18O2/c1-3-5-6-7-8-9-10-11(12)13-4-2/h3,5,9-10H,4,6-8H2,1-2H3/b5-3+,10-9+. The molecule has 0 saturated heterocycles. The second-order valence-electron chi connectivity index (χ2n) is 2.65. The molecule has 0 aromatic carbocycles. The summed E-state index contributed by atoms with van der Waals surface area (Å²) in [5.41, 5.74) is 0. The van der Waals surface area contributed by atoms with Crippen LogP contribution < -0.4 is 0 Å². The Labute approximate surface area is 80.3 Å². The summed E-state index contributed by atoms with van der Waals surface area (Å²) in [4.78, 5) is 10.8. The molecule has 0 saturated carbocycles. The number of esters is 1. The van der Waals surface area contributed by atoms with E-state index in [0.717, 1.165) is 19.3 Å². The lowest BCUT2D eigenvalue weighted by molar-refractivity contribution is -0.137. The molecule has 0 spiro atoms. The number of carbonyl (C=O) groups excluding carboxylic acids is 1. The maximum atomic E-state index is 10.8. The Morgan fingerprint density at radius 3 is 2.62 bits per heavy atom. The smallest absolute Gasteiger partial charge is 0.330 e. The zero-order chi connectivity index (χ0) is 9.94. The number of unbranched alkanes of at least 4 members (excludes halogenated alkanes) is 2. The van der Waals surface area contributed by atoms with Gasteiger partial charge in [0.15, 0.2) is 0 Å². The van der Waals surface area contributed by atoms with Gasteiger partial charge in [0.25, 0.3) is 0 Å². The summed E-state index contributed by atoms with van der Waals surface area (Å²) in [6.07, 6.45) is 10.6. The van der Waals surface area contributed by atoms with Crippen molar-refractivity contribution in [1.82, 2.24) is 0 Å². The third kappa shape index (κ3) is 8.86. The lowest BCUT2D eigenvalue weighted by atomic mass is 10.2. The van der Waals surface area contributed by atoms with Gasteiger partial charge in [-0.1, -0.05) is 18.2 Å². The van der Waals surface area contributed by atoms with Gasteiger partial charge in [-0.05, 0) is 33.1 Å². The van der Waals surface area contributed by atoms with E-state index in [4.69, 9.17) is 4.74 Å². The van der Waals surface area contributed by atoms with Crippen molar-refractivity contribution >= 4 is 5.97 Å². The molecule has 74 valence electrons. The number of hydrogen-bond donors (Lipinski definition) is 0. The van der Waals surface area contributed by atoms with Gasteiger partial charge in [-0.25, -0.2) is 4.79 Å². The lowest BCUT2D eigenvalue weighted by Crippen LogP contribution is -1.98. The molecule has 0 fully saturated rings. The highest BCUT2D eigenvalue weighted by molar-refractivity contribution is 5.81. The van der Waals surface area contributed by atoms with Gasteiger partial charge in [0, 0.05) is 6.08 Å². The maximum absolute atomic E-state index is 10.8. The Morgan fingerprint density at radius 2 is 2.00 bits per heavy atom. The van der Waals surface area contributed by atoms with Crippen molar-refractivity contribution in [3.63, 3.8) is 0 Å². The van der Waals surface area contributed by atoms with Crippen molar-refractivity contribution in [2.45, 2.75) is 33.1 Å². The molecule has 0 heterocycles. The van der Waals surface area contributed by atoms with Crippen molar-refractivity contribution < 1.29 is 9.53 Å². The minimum absolute atomic E-state index is 0.242. The zero-order valence-corrected chi connectivity index (χ0v) is 8.45. The predicted octanol–water partition coefficient (Wildman–Crippen LogP) is 2.85. The average Bonchev–Trinajstić information content (AvgIpc) is 2.11. The van der Waals surface area contributed by atoms with Crippen LogP contribution in [0.25, 0.3) is 0 Å². The van der Waals surface area contributed by atoms with Crippen molar-refractivity contribution in [2.75, 3.05) is 6.61 Å². The van der Waals surface area contributed by atoms with Crippen LogP contribution in [0.2, 0.25) is 0 Å². The molecule has 0 unspecified atom stereocenters. The molecule has 0 aliphatic heterocycles. The normalized spacial score (nSPS) is 11.2. The molecular weight excluding hydrogens is 164 g/mol. The van der Waals surface area contributed by atoms with Crippen LogP contribution in [-0.4, -0.2) is 12.6 Å². The number of rotatable bonds is 6. The van der Waals surface area contributed by atoms with Crippen molar-refractivity contribution in [3.8, 4) is 0 Å². The summed E-state index contributed by atoms with van der Waals surface area (Å²) in [5.74, 6) is -0.242. The maximum Gasteiger partial charge on any atom is 0.330 e. The first-order valence-electron chi connectivity index (χ1n) is 4.75. The molecular formula is C11H18O2. The Morgan fingerprint density at radius 1 is 1.31 bits per heavy atom.